The quantitative estimate of drug-likeness (QED) is 0.255. The van der Waals surface area contributed by atoms with Crippen LogP contribution in [0.4, 0.5) is 0 Å². The van der Waals surface area contributed by atoms with Gasteiger partial charge < -0.3 is 14.5 Å². The standard InChI is InChI=1S/C31H28N2O3/c1-4-35-30-21(3)31-27(28(19-36-31)25-12-11-23-9-5-6-10-24(23)15-25)16-26(30)20(2)14-29(34)33-18-22-8-7-13-32-17-22/h5-17,19H,4,18H2,1-3H3,(H,33,34)/b20-14+. The molecule has 0 radical (unpaired) electrons. The maximum Gasteiger partial charge on any atom is 0.244 e. The molecule has 180 valence electrons. The van der Waals surface area contributed by atoms with Crippen LogP contribution in [0, 0.1) is 6.92 Å². The highest BCUT2D eigenvalue weighted by Gasteiger charge is 2.19. The van der Waals surface area contributed by atoms with E-state index in [1.54, 1.807) is 24.7 Å². The number of aromatic nitrogens is 1. The predicted molar refractivity (Wildman–Crippen MR) is 145 cm³/mol. The van der Waals surface area contributed by atoms with Gasteiger partial charge in [0.05, 0.1) is 12.9 Å². The molecule has 3 aromatic carbocycles. The summed E-state index contributed by atoms with van der Waals surface area (Å²) >= 11 is 0. The maximum atomic E-state index is 12.7. The number of pyridine rings is 1. The topological polar surface area (TPSA) is 64.4 Å². The number of rotatable bonds is 7. The number of carbonyl (C=O) groups is 1. The maximum absolute atomic E-state index is 12.7. The first kappa shape index (κ1) is 23.4. The Kier molecular flexibility index (Phi) is 6.54. The minimum Gasteiger partial charge on any atom is -0.493 e. The van der Waals surface area contributed by atoms with Gasteiger partial charge in [-0.1, -0.05) is 42.5 Å². The van der Waals surface area contributed by atoms with Gasteiger partial charge in [0.2, 0.25) is 5.91 Å². The van der Waals surface area contributed by atoms with Gasteiger partial charge in [-0.15, -0.1) is 0 Å². The number of fused-ring (bicyclic) bond motifs is 2. The molecule has 0 atom stereocenters. The molecule has 0 aliphatic rings. The average molecular weight is 477 g/mol. The molecule has 0 fully saturated rings. The molecule has 0 spiro atoms. The van der Waals surface area contributed by atoms with Crippen molar-refractivity contribution >= 4 is 33.2 Å². The van der Waals surface area contributed by atoms with E-state index in [0.29, 0.717) is 13.2 Å². The van der Waals surface area contributed by atoms with Gasteiger partial charge in [0.1, 0.15) is 11.3 Å². The van der Waals surface area contributed by atoms with E-state index in [2.05, 4.69) is 46.7 Å². The zero-order valence-electron chi connectivity index (χ0n) is 20.7. The van der Waals surface area contributed by atoms with Crippen molar-refractivity contribution in [2.24, 2.45) is 0 Å². The predicted octanol–water partition coefficient (Wildman–Crippen LogP) is 7.07. The summed E-state index contributed by atoms with van der Waals surface area (Å²) in [5.41, 5.74) is 6.44. The number of allylic oxidation sites excluding steroid dienone is 1. The average Bonchev–Trinajstić information content (AvgIpc) is 3.33. The Morgan fingerprint density at radius 1 is 1.08 bits per heavy atom. The van der Waals surface area contributed by atoms with Gasteiger partial charge in [-0.2, -0.15) is 0 Å². The number of nitrogens with one attached hydrogen (secondary N) is 1. The van der Waals surface area contributed by atoms with Crippen LogP contribution in [0.25, 0.3) is 38.4 Å². The summed E-state index contributed by atoms with van der Waals surface area (Å²) in [6.45, 7) is 6.82. The SMILES string of the molecule is CCOc1c(/C(C)=C/C(=O)NCc2cccnc2)cc2c(-c3ccc4ccccc4c3)coc2c1C. The van der Waals surface area contributed by atoms with Gasteiger partial charge in [0.15, 0.2) is 0 Å². The first-order chi connectivity index (χ1) is 17.5. The van der Waals surface area contributed by atoms with Crippen molar-refractivity contribution in [1.82, 2.24) is 10.3 Å². The lowest BCUT2D eigenvalue weighted by atomic mass is 9.95. The van der Waals surface area contributed by atoms with Gasteiger partial charge in [-0.05, 0) is 66.4 Å². The van der Waals surface area contributed by atoms with Crippen molar-refractivity contribution in [3.8, 4) is 16.9 Å². The van der Waals surface area contributed by atoms with E-state index < -0.39 is 0 Å². The zero-order valence-corrected chi connectivity index (χ0v) is 20.7. The van der Waals surface area contributed by atoms with Crippen molar-refractivity contribution in [2.75, 3.05) is 6.61 Å². The number of amides is 1. The van der Waals surface area contributed by atoms with Crippen molar-refractivity contribution in [3.63, 3.8) is 0 Å². The molecule has 2 aromatic heterocycles. The Morgan fingerprint density at radius 3 is 2.69 bits per heavy atom. The molecule has 0 aliphatic heterocycles. The fourth-order valence-corrected chi connectivity index (χ4v) is 4.54. The Hall–Kier alpha value is -4.38. The van der Waals surface area contributed by atoms with Gasteiger partial charge in [-0.3, -0.25) is 9.78 Å². The summed E-state index contributed by atoms with van der Waals surface area (Å²) in [5, 5.41) is 6.30. The number of carbonyl (C=O) groups excluding carboxylic acids is 1. The molecule has 5 rings (SSSR count). The van der Waals surface area contributed by atoms with Gasteiger partial charge in [-0.25, -0.2) is 0 Å². The molecule has 5 aromatic rings. The number of hydrogen-bond acceptors (Lipinski definition) is 4. The van der Waals surface area contributed by atoms with Crippen molar-refractivity contribution in [3.05, 3.63) is 102 Å². The molecule has 5 heteroatoms. The number of furan rings is 1. The lowest BCUT2D eigenvalue weighted by Gasteiger charge is -2.15. The summed E-state index contributed by atoms with van der Waals surface area (Å²) < 4.78 is 12.1. The molecule has 0 saturated heterocycles. The Bertz CT molecular complexity index is 1580. The third-order valence-electron chi connectivity index (χ3n) is 6.36. The molecule has 1 N–H and O–H groups in total. The van der Waals surface area contributed by atoms with E-state index >= 15 is 0 Å². The van der Waals surface area contributed by atoms with Gasteiger partial charge in [0, 0.05) is 47.1 Å². The molecule has 0 unspecified atom stereocenters. The lowest BCUT2D eigenvalue weighted by Crippen LogP contribution is -2.20. The van der Waals surface area contributed by atoms with E-state index in [1.807, 2.05) is 45.0 Å². The molecule has 36 heavy (non-hydrogen) atoms. The summed E-state index contributed by atoms with van der Waals surface area (Å²) in [5.74, 6) is 0.566. The second-order valence-corrected chi connectivity index (χ2v) is 8.81. The molecule has 0 aliphatic carbocycles. The van der Waals surface area contributed by atoms with Crippen LogP contribution in [0.5, 0.6) is 5.75 Å². The van der Waals surface area contributed by atoms with Crippen molar-refractivity contribution < 1.29 is 13.9 Å². The number of aryl methyl sites for hydroxylation is 1. The van der Waals surface area contributed by atoms with Gasteiger partial charge in [0.25, 0.3) is 0 Å². The number of ether oxygens (including phenoxy) is 1. The highest BCUT2D eigenvalue weighted by molar-refractivity contribution is 6.02. The highest BCUT2D eigenvalue weighted by Crippen LogP contribution is 2.41. The van der Waals surface area contributed by atoms with Crippen molar-refractivity contribution in [2.45, 2.75) is 27.3 Å². The Balaban J connectivity index is 1.54. The molecule has 2 heterocycles. The summed E-state index contributed by atoms with van der Waals surface area (Å²) in [7, 11) is 0. The van der Waals surface area contributed by atoms with E-state index in [4.69, 9.17) is 9.15 Å². The molecular formula is C31H28N2O3. The van der Waals surface area contributed by atoms with Crippen LogP contribution >= 0.6 is 0 Å². The summed E-state index contributed by atoms with van der Waals surface area (Å²) in [6.07, 6.45) is 6.88. The minimum atomic E-state index is -0.168. The Morgan fingerprint density at radius 2 is 1.92 bits per heavy atom. The van der Waals surface area contributed by atoms with Crippen LogP contribution in [0.3, 0.4) is 0 Å². The molecule has 5 nitrogen and oxygen atoms in total. The lowest BCUT2D eigenvalue weighted by molar-refractivity contribution is -0.116. The molecular weight excluding hydrogens is 448 g/mol. The van der Waals surface area contributed by atoms with Crippen LogP contribution in [0.2, 0.25) is 0 Å². The van der Waals surface area contributed by atoms with Gasteiger partial charge >= 0.3 is 0 Å². The van der Waals surface area contributed by atoms with Crippen LogP contribution < -0.4 is 10.1 Å². The highest BCUT2D eigenvalue weighted by atomic mass is 16.5. The first-order valence-electron chi connectivity index (χ1n) is 12.1. The second-order valence-electron chi connectivity index (χ2n) is 8.81. The second kappa shape index (κ2) is 10.1. The normalized spacial score (nSPS) is 11.7. The molecule has 0 bridgehead atoms. The third kappa shape index (κ3) is 4.60. The first-order valence-corrected chi connectivity index (χ1v) is 12.1. The van der Waals surface area contributed by atoms with E-state index in [-0.39, 0.29) is 5.91 Å². The van der Waals surface area contributed by atoms with E-state index in [0.717, 1.165) is 50.1 Å². The summed E-state index contributed by atoms with van der Waals surface area (Å²) in [6, 6.07) is 20.6. The molecule has 1 amide bonds. The van der Waals surface area contributed by atoms with Crippen LogP contribution in [-0.2, 0) is 11.3 Å². The van der Waals surface area contributed by atoms with Crippen molar-refractivity contribution in [1.29, 1.82) is 0 Å². The Labute approximate surface area is 210 Å². The largest absolute Gasteiger partial charge is 0.493 e. The minimum absolute atomic E-state index is 0.168. The van der Waals surface area contributed by atoms with E-state index in [1.165, 1.54) is 10.8 Å². The third-order valence-corrected chi connectivity index (χ3v) is 6.36. The summed E-state index contributed by atoms with van der Waals surface area (Å²) in [4.78, 5) is 16.8. The monoisotopic (exact) mass is 476 g/mol. The van der Waals surface area contributed by atoms with E-state index in [9.17, 15) is 4.79 Å². The fraction of sp³-hybridized carbons (Fsp3) is 0.161. The number of nitrogens with zero attached hydrogens (tertiary/aromatic N) is 1. The number of benzene rings is 3. The smallest absolute Gasteiger partial charge is 0.244 e. The zero-order chi connectivity index (χ0) is 25.1. The van der Waals surface area contributed by atoms with Crippen LogP contribution in [-0.4, -0.2) is 17.5 Å². The van der Waals surface area contributed by atoms with Crippen LogP contribution in [0.1, 0.15) is 30.5 Å². The number of hydrogen-bond donors (Lipinski definition) is 1. The van der Waals surface area contributed by atoms with Crippen LogP contribution in [0.15, 0.2) is 89.8 Å². The fourth-order valence-electron chi connectivity index (χ4n) is 4.54. The molecule has 0 saturated carbocycles.